The Morgan fingerprint density at radius 2 is 1.32 bits per heavy atom. The lowest BCUT2D eigenvalue weighted by atomic mass is 9.98. The van der Waals surface area contributed by atoms with Gasteiger partial charge in [0, 0.05) is 20.0 Å². The number of methoxy groups -OCH3 is 1. The number of benzene rings is 2. The van der Waals surface area contributed by atoms with Crippen molar-refractivity contribution in [2.24, 2.45) is 0 Å². The second-order valence-corrected chi connectivity index (χ2v) is 9.73. The monoisotopic (exact) mass is 526 g/mol. The molecule has 0 N–H and O–H groups in total. The van der Waals surface area contributed by atoms with E-state index < -0.39 is 36.7 Å². The Hall–Kier alpha value is -2.82. The molecule has 0 saturated carbocycles. The summed E-state index contributed by atoms with van der Waals surface area (Å²) in [6.07, 6.45) is -2.54. The van der Waals surface area contributed by atoms with E-state index >= 15 is 0 Å². The quantitative estimate of drug-likeness (QED) is 0.397. The molecule has 2 aromatic rings. The van der Waals surface area contributed by atoms with Crippen molar-refractivity contribution in [3.05, 3.63) is 71.8 Å². The van der Waals surface area contributed by atoms with Crippen LogP contribution in [0, 0.1) is 0 Å². The van der Waals surface area contributed by atoms with Crippen LogP contribution < -0.4 is 0 Å². The van der Waals surface area contributed by atoms with Gasteiger partial charge >= 0.3 is 11.9 Å². The molecule has 9 heteroatoms. The fraction of sp³-hybridized carbons (Fsp3) is 0.517. The van der Waals surface area contributed by atoms with Gasteiger partial charge in [0.05, 0.1) is 25.4 Å². The van der Waals surface area contributed by atoms with Crippen LogP contribution in [0.1, 0.15) is 36.8 Å². The number of epoxide rings is 1. The van der Waals surface area contributed by atoms with E-state index in [-0.39, 0.29) is 50.8 Å². The molecule has 9 nitrogen and oxygen atoms in total. The zero-order valence-corrected chi connectivity index (χ0v) is 21.4. The molecule has 2 aromatic carbocycles. The molecule has 2 unspecified atom stereocenters. The molecule has 0 bridgehead atoms. The van der Waals surface area contributed by atoms with Crippen molar-refractivity contribution in [1.82, 2.24) is 0 Å². The zero-order valence-electron chi connectivity index (χ0n) is 21.4. The van der Waals surface area contributed by atoms with E-state index in [0.717, 1.165) is 11.1 Å². The van der Waals surface area contributed by atoms with Crippen LogP contribution in [0.3, 0.4) is 0 Å². The maximum Gasteiger partial charge on any atom is 0.306 e. The summed E-state index contributed by atoms with van der Waals surface area (Å²) in [6.45, 7) is 0.425. The Morgan fingerprint density at radius 1 is 0.737 bits per heavy atom. The second kappa shape index (κ2) is 12.8. The third kappa shape index (κ3) is 6.98. The van der Waals surface area contributed by atoms with Gasteiger partial charge < -0.3 is 33.2 Å². The van der Waals surface area contributed by atoms with Gasteiger partial charge in [-0.15, -0.1) is 0 Å². The molecular weight excluding hydrogens is 492 g/mol. The highest BCUT2D eigenvalue weighted by Crippen LogP contribution is 2.33. The standard InChI is InChI=1S/C29H34O9/c1-32-29-28(35-17-20-10-6-3-7-11-20)27(34-16-19-8-4-2-5-9-19)26-23(37-29)18-33-24(30)14-12-21-22(36-21)13-15-25(31)38-26/h2-11,21-23,26-29H,12-18H2,1H3/t21?,22?,23-,26+,27+,28-,29-/m1/s1. The van der Waals surface area contributed by atoms with Crippen LogP contribution in [0.25, 0.3) is 0 Å². The number of hydrogen-bond acceptors (Lipinski definition) is 9. The summed E-state index contributed by atoms with van der Waals surface area (Å²) >= 11 is 0. The van der Waals surface area contributed by atoms with Gasteiger partial charge in [-0.2, -0.15) is 0 Å². The van der Waals surface area contributed by atoms with Gasteiger partial charge in [-0.05, 0) is 24.0 Å². The first kappa shape index (κ1) is 26.8. The Balaban J connectivity index is 1.40. The normalized spacial score (nSPS) is 31.9. The van der Waals surface area contributed by atoms with Crippen LogP contribution in [0.2, 0.25) is 0 Å². The molecule has 38 heavy (non-hydrogen) atoms. The van der Waals surface area contributed by atoms with E-state index in [2.05, 4.69) is 0 Å². The molecule has 3 saturated heterocycles. The Bertz CT molecular complexity index is 1050. The van der Waals surface area contributed by atoms with Crippen molar-refractivity contribution in [2.75, 3.05) is 13.7 Å². The molecule has 204 valence electrons. The molecule has 3 aliphatic heterocycles. The number of carbonyl (C=O) groups excluding carboxylic acids is 2. The van der Waals surface area contributed by atoms with Gasteiger partial charge in [0.2, 0.25) is 0 Å². The third-order valence-electron chi connectivity index (χ3n) is 7.02. The van der Waals surface area contributed by atoms with Crippen molar-refractivity contribution in [1.29, 1.82) is 0 Å². The third-order valence-corrected chi connectivity index (χ3v) is 7.02. The number of carbonyl (C=O) groups is 2. The maximum absolute atomic E-state index is 13.0. The molecular formula is C29H34O9. The Labute approximate surface area is 222 Å². The summed E-state index contributed by atoms with van der Waals surface area (Å²) < 4.78 is 41.6. The average Bonchev–Trinajstić information content (AvgIpc) is 3.71. The zero-order chi connectivity index (χ0) is 26.3. The van der Waals surface area contributed by atoms with E-state index in [1.54, 1.807) is 0 Å². The molecule has 5 rings (SSSR count). The molecule has 0 spiro atoms. The fourth-order valence-corrected chi connectivity index (χ4v) is 4.91. The minimum atomic E-state index is -0.886. The van der Waals surface area contributed by atoms with E-state index in [1.807, 2.05) is 60.7 Å². The van der Waals surface area contributed by atoms with Crippen LogP contribution in [0.15, 0.2) is 60.7 Å². The highest BCUT2D eigenvalue weighted by atomic mass is 16.7. The predicted molar refractivity (Wildman–Crippen MR) is 134 cm³/mol. The second-order valence-electron chi connectivity index (χ2n) is 9.73. The summed E-state index contributed by atoms with van der Waals surface area (Å²) in [6, 6.07) is 19.4. The van der Waals surface area contributed by atoms with Gasteiger partial charge in [0.1, 0.15) is 24.9 Å². The summed E-state index contributed by atoms with van der Waals surface area (Å²) in [5, 5.41) is 0. The number of ether oxygens (including phenoxy) is 7. The molecule has 3 heterocycles. The topological polar surface area (TPSA) is 102 Å². The van der Waals surface area contributed by atoms with Gasteiger partial charge in [-0.25, -0.2) is 0 Å². The Kier molecular flexibility index (Phi) is 9.03. The number of fused-ring (bicyclic) bond motifs is 2. The lowest BCUT2D eigenvalue weighted by molar-refractivity contribution is -0.316. The minimum absolute atomic E-state index is 0.0229. The summed E-state index contributed by atoms with van der Waals surface area (Å²) in [7, 11) is 1.52. The molecule has 3 aliphatic rings. The molecule has 0 radical (unpaired) electrons. The summed E-state index contributed by atoms with van der Waals surface area (Å²) in [4.78, 5) is 25.4. The van der Waals surface area contributed by atoms with Crippen LogP contribution in [0.5, 0.6) is 0 Å². The van der Waals surface area contributed by atoms with Crippen molar-refractivity contribution in [2.45, 2.75) is 81.8 Å². The molecule has 0 aliphatic carbocycles. The van der Waals surface area contributed by atoms with Crippen LogP contribution in [-0.2, 0) is 56.0 Å². The highest BCUT2D eigenvalue weighted by molar-refractivity contribution is 5.70. The first-order chi connectivity index (χ1) is 18.6. The number of rotatable bonds is 7. The van der Waals surface area contributed by atoms with Gasteiger partial charge in [0.15, 0.2) is 12.4 Å². The van der Waals surface area contributed by atoms with Crippen LogP contribution in [-0.4, -0.2) is 68.6 Å². The summed E-state index contributed by atoms with van der Waals surface area (Å²) in [5.41, 5.74) is 1.91. The van der Waals surface area contributed by atoms with E-state index in [0.29, 0.717) is 12.8 Å². The highest BCUT2D eigenvalue weighted by Gasteiger charge is 2.51. The first-order valence-corrected chi connectivity index (χ1v) is 13.1. The average molecular weight is 527 g/mol. The van der Waals surface area contributed by atoms with Gasteiger partial charge in [0.25, 0.3) is 0 Å². The fourth-order valence-electron chi connectivity index (χ4n) is 4.91. The van der Waals surface area contributed by atoms with E-state index in [9.17, 15) is 9.59 Å². The Morgan fingerprint density at radius 3 is 1.92 bits per heavy atom. The van der Waals surface area contributed by atoms with E-state index in [4.69, 9.17) is 33.2 Å². The van der Waals surface area contributed by atoms with Crippen molar-refractivity contribution in [3.8, 4) is 0 Å². The first-order valence-electron chi connectivity index (χ1n) is 13.1. The maximum atomic E-state index is 13.0. The number of hydrogen-bond donors (Lipinski definition) is 0. The van der Waals surface area contributed by atoms with Crippen LogP contribution >= 0.6 is 0 Å². The molecule has 0 aromatic heterocycles. The lowest BCUT2D eigenvalue weighted by Crippen LogP contribution is -2.62. The van der Waals surface area contributed by atoms with E-state index in [1.165, 1.54) is 7.11 Å². The number of cyclic esters (lactones) is 1. The van der Waals surface area contributed by atoms with Gasteiger partial charge in [-0.3, -0.25) is 9.59 Å². The van der Waals surface area contributed by atoms with Crippen molar-refractivity contribution >= 4 is 11.9 Å². The SMILES string of the molecule is CO[C@@H]1O[C@@H]2COC(=O)CCC3OC3CCC(=O)O[C@@H]2[C@H](OCc2ccccc2)[C@H]1OCc1ccccc1. The smallest absolute Gasteiger partial charge is 0.306 e. The molecule has 7 atom stereocenters. The lowest BCUT2D eigenvalue weighted by Gasteiger charge is -2.45. The van der Waals surface area contributed by atoms with Crippen LogP contribution in [0.4, 0.5) is 0 Å². The largest absolute Gasteiger partial charge is 0.463 e. The number of esters is 2. The van der Waals surface area contributed by atoms with Gasteiger partial charge in [-0.1, -0.05) is 60.7 Å². The molecule has 3 fully saturated rings. The summed E-state index contributed by atoms with van der Waals surface area (Å²) in [5.74, 6) is -0.750. The predicted octanol–water partition coefficient (Wildman–Crippen LogP) is 3.32. The molecule has 0 amide bonds. The minimum Gasteiger partial charge on any atom is -0.463 e. The van der Waals surface area contributed by atoms with Crippen molar-refractivity contribution < 1.29 is 42.7 Å². The van der Waals surface area contributed by atoms with Crippen molar-refractivity contribution in [3.63, 3.8) is 0 Å².